The van der Waals surface area contributed by atoms with Crippen molar-refractivity contribution in [2.45, 2.75) is 12.1 Å². The largest absolute Gasteiger partial charge is 0.376 e. The fourth-order valence-corrected chi connectivity index (χ4v) is 1.98. The van der Waals surface area contributed by atoms with Crippen LogP contribution in [0.25, 0.3) is 0 Å². The van der Waals surface area contributed by atoms with E-state index in [1.54, 1.807) is 0 Å². The smallest absolute Gasteiger partial charge is 0.160 e. The molecule has 1 aliphatic heterocycles. The Balaban J connectivity index is 2.23. The molecular weight excluding hydrogens is 252 g/mol. The minimum Gasteiger partial charge on any atom is -0.376 e. The highest BCUT2D eigenvalue weighted by atomic mass is 35.5. The van der Waals surface area contributed by atoms with E-state index in [1.165, 1.54) is 0 Å². The molecule has 1 aromatic rings. The predicted molar refractivity (Wildman–Crippen MR) is 58.9 cm³/mol. The molecular formula is C11H12ClF2NO2. The summed E-state index contributed by atoms with van der Waals surface area (Å²) in [5, 5.41) is 0.0885. The van der Waals surface area contributed by atoms with E-state index in [0.717, 1.165) is 12.1 Å². The SMILES string of the molecule is NC(c1cc(F)c(F)cc1Cl)C1COCCO1. The number of hydrogen-bond donors (Lipinski definition) is 1. The fraction of sp³-hybridized carbons (Fsp3) is 0.455. The normalized spacial score (nSPS) is 22.5. The van der Waals surface area contributed by atoms with Gasteiger partial charge in [0.05, 0.1) is 25.9 Å². The predicted octanol–water partition coefficient (Wildman–Crippen LogP) is 2.03. The molecule has 1 saturated heterocycles. The molecule has 94 valence electrons. The summed E-state index contributed by atoms with van der Waals surface area (Å²) in [6.07, 6.45) is -0.397. The number of ether oxygens (including phenoxy) is 2. The maximum absolute atomic E-state index is 13.1. The highest BCUT2D eigenvalue weighted by molar-refractivity contribution is 6.31. The highest BCUT2D eigenvalue weighted by Crippen LogP contribution is 2.28. The van der Waals surface area contributed by atoms with Crippen LogP contribution < -0.4 is 5.73 Å². The monoisotopic (exact) mass is 263 g/mol. The van der Waals surface area contributed by atoms with Crippen LogP contribution in [0, 0.1) is 11.6 Å². The van der Waals surface area contributed by atoms with Crippen LogP contribution in [-0.2, 0) is 9.47 Å². The van der Waals surface area contributed by atoms with Gasteiger partial charge in [-0.2, -0.15) is 0 Å². The molecule has 2 N–H and O–H groups in total. The lowest BCUT2D eigenvalue weighted by Gasteiger charge is -2.28. The first-order valence-electron chi connectivity index (χ1n) is 5.19. The molecule has 6 heteroatoms. The van der Waals surface area contributed by atoms with Crippen LogP contribution in [0.3, 0.4) is 0 Å². The zero-order valence-corrected chi connectivity index (χ0v) is 9.71. The van der Waals surface area contributed by atoms with E-state index in [-0.39, 0.29) is 5.02 Å². The van der Waals surface area contributed by atoms with E-state index in [1.807, 2.05) is 0 Å². The summed E-state index contributed by atoms with van der Waals surface area (Å²) in [5.41, 5.74) is 6.23. The van der Waals surface area contributed by atoms with Crippen LogP contribution in [0.15, 0.2) is 12.1 Å². The Morgan fingerprint density at radius 1 is 1.29 bits per heavy atom. The number of hydrogen-bond acceptors (Lipinski definition) is 3. The number of rotatable bonds is 2. The molecule has 0 aromatic heterocycles. The molecule has 1 heterocycles. The van der Waals surface area contributed by atoms with E-state index >= 15 is 0 Å². The molecule has 0 saturated carbocycles. The molecule has 0 amide bonds. The molecule has 1 aliphatic rings. The fourth-order valence-electron chi connectivity index (χ4n) is 1.71. The lowest BCUT2D eigenvalue weighted by molar-refractivity contribution is -0.0975. The third kappa shape index (κ3) is 2.74. The van der Waals surface area contributed by atoms with Gasteiger partial charge in [0.2, 0.25) is 0 Å². The lowest BCUT2D eigenvalue weighted by Crippen LogP contribution is -2.38. The summed E-state index contributed by atoms with van der Waals surface area (Å²) >= 11 is 5.83. The van der Waals surface area contributed by atoms with Crippen molar-refractivity contribution in [2.75, 3.05) is 19.8 Å². The standard InChI is InChI=1S/C11H12ClF2NO2/c12-7-4-9(14)8(13)3-6(7)11(15)10-5-16-1-2-17-10/h3-4,10-11H,1-2,5,15H2. The third-order valence-corrected chi connectivity index (χ3v) is 2.97. The zero-order valence-electron chi connectivity index (χ0n) is 8.96. The van der Waals surface area contributed by atoms with E-state index in [9.17, 15) is 8.78 Å². The van der Waals surface area contributed by atoms with Gasteiger partial charge in [0.25, 0.3) is 0 Å². The van der Waals surface area contributed by atoms with Gasteiger partial charge in [-0.05, 0) is 17.7 Å². The lowest BCUT2D eigenvalue weighted by atomic mass is 10.0. The summed E-state index contributed by atoms with van der Waals surface area (Å²) in [4.78, 5) is 0. The number of halogens is 3. The van der Waals surface area contributed by atoms with Crippen LogP contribution >= 0.6 is 11.6 Å². The van der Waals surface area contributed by atoms with Crippen molar-refractivity contribution in [1.82, 2.24) is 0 Å². The third-order valence-electron chi connectivity index (χ3n) is 2.64. The quantitative estimate of drug-likeness (QED) is 0.831. The number of nitrogens with two attached hydrogens (primary N) is 1. The summed E-state index contributed by atoms with van der Waals surface area (Å²) in [5.74, 6) is -1.97. The van der Waals surface area contributed by atoms with Crippen LogP contribution in [-0.4, -0.2) is 25.9 Å². The molecule has 0 bridgehead atoms. The van der Waals surface area contributed by atoms with Crippen LogP contribution in [0.4, 0.5) is 8.78 Å². The van der Waals surface area contributed by atoms with E-state index < -0.39 is 23.8 Å². The first-order chi connectivity index (χ1) is 8.09. The van der Waals surface area contributed by atoms with Crippen LogP contribution in [0.2, 0.25) is 5.02 Å². The van der Waals surface area contributed by atoms with Crippen LogP contribution in [0.1, 0.15) is 11.6 Å². The Morgan fingerprint density at radius 2 is 2.00 bits per heavy atom. The van der Waals surface area contributed by atoms with Gasteiger partial charge in [0.1, 0.15) is 6.10 Å². The van der Waals surface area contributed by atoms with Gasteiger partial charge in [-0.25, -0.2) is 8.78 Å². The Morgan fingerprint density at radius 3 is 2.65 bits per heavy atom. The van der Waals surface area contributed by atoms with Gasteiger partial charge in [-0.3, -0.25) is 0 Å². The average molecular weight is 264 g/mol. The van der Waals surface area contributed by atoms with Gasteiger partial charge in [-0.15, -0.1) is 0 Å². The van der Waals surface area contributed by atoms with Crippen molar-refractivity contribution in [3.05, 3.63) is 34.4 Å². The van der Waals surface area contributed by atoms with Gasteiger partial charge < -0.3 is 15.2 Å². The maximum atomic E-state index is 13.1. The molecule has 3 nitrogen and oxygen atoms in total. The summed E-state index contributed by atoms with van der Waals surface area (Å²) in [6.45, 7) is 1.25. The maximum Gasteiger partial charge on any atom is 0.160 e. The zero-order chi connectivity index (χ0) is 12.4. The molecule has 2 atom stereocenters. The van der Waals surface area contributed by atoms with Gasteiger partial charge >= 0.3 is 0 Å². The highest BCUT2D eigenvalue weighted by Gasteiger charge is 2.26. The Labute approximate surface area is 102 Å². The van der Waals surface area contributed by atoms with E-state index in [0.29, 0.717) is 25.4 Å². The molecule has 0 spiro atoms. The van der Waals surface area contributed by atoms with Crippen molar-refractivity contribution < 1.29 is 18.3 Å². The van der Waals surface area contributed by atoms with Crippen molar-refractivity contribution in [1.29, 1.82) is 0 Å². The second-order valence-corrected chi connectivity index (χ2v) is 4.20. The minimum absolute atomic E-state index is 0.0885. The summed E-state index contributed by atoms with van der Waals surface area (Å²) in [6, 6.07) is 1.27. The van der Waals surface area contributed by atoms with E-state index in [2.05, 4.69) is 0 Å². The molecule has 2 unspecified atom stereocenters. The first-order valence-corrected chi connectivity index (χ1v) is 5.56. The van der Waals surface area contributed by atoms with Gasteiger partial charge in [-0.1, -0.05) is 11.6 Å². The molecule has 0 aliphatic carbocycles. The molecule has 2 rings (SSSR count). The second-order valence-electron chi connectivity index (χ2n) is 3.80. The number of benzene rings is 1. The molecule has 1 aromatic carbocycles. The molecule has 0 radical (unpaired) electrons. The Hall–Kier alpha value is -0.750. The van der Waals surface area contributed by atoms with Gasteiger partial charge in [0, 0.05) is 5.02 Å². The van der Waals surface area contributed by atoms with Gasteiger partial charge in [0.15, 0.2) is 11.6 Å². The molecule has 1 fully saturated rings. The van der Waals surface area contributed by atoms with Crippen molar-refractivity contribution >= 4 is 11.6 Å². The van der Waals surface area contributed by atoms with Crippen molar-refractivity contribution in [3.8, 4) is 0 Å². The van der Waals surface area contributed by atoms with Crippen molar-refractivity contribution in [3.63, 3.8) is 0 Å². The van der Waals surface area contributed by atoms with Crippen molar-refractivity contribution in [2.24, 2.45) is 5.73 Å². The Kier molecular flexibility index (Phi) is 3.93. The average Bonchev–Trinajstić information content (AvgIpc) is 2.34. The summed E-state index contributed by atoms with van der Waals surface area (Å²) in [7, 11) is 0. The second kappa shape index (κ2) is 5.27. The minimum atomic E-state index is -0.994. The summed E-state index contributed by atoms with van der Waals surface area (Å²) < 4.78 is 36.6. The first kappa shape index (κ1) is 12.7. The van der Waals surface area contributed by atoms with Crippen LogP contribution in [0.5, 0.6) is 0 Å². The molecule has 17 heavy (non-hydrogen) atoms. The Bertz CT molecular complexity index is 411. The topological polar surface area (TPSA) is 44.5 Å². The van der Waals surface area contributed by atoms with E-state index in [4.69, 9.17) is 26.8 Å².